The largest absolute Gasteiger partial charge is 0.478 e. The van der Waals surface area contributed by atoms with Gasteiger partial charge in [-0.2, -0.15) is 5.26 Å². The number of halogens is 2. The number of carboxylic acid groups (broad SMARTS) is 1. The molecule has 6 heteroatoms. The van der Waals surface area contributed by atoms with Gasteiger partial charge < -0.3 is 5.11 Å². The van der Waals surface area contributed by atoms with Crippen LogP contribution < -0.4 is 0 Å². The molecule has 0 bridgehead atoms. The second kappa shape index (κ2) is 6.74. The summed E-state index contributed by atoms with van der Waals surface area (Å²) in [6.07, 6.45) is 0. The van der Waals surface area contributed by atoms with E-state index in [2.05, 4.69) is 15.9 Å². The maximum absolute atomic E-state index is 13.7. The fraction of sp³-hybridized carbons (Fsp3) is 0.0667. The summed E-state index contributed by atoms with van der Waals surface area (Å²) in [6.45, 7) is 0. The maximum atomic E-state index is 13.7. The molecular formula is C15H9BrFNO2S. The molecule has 0 atom stereocenters. The van der Waals surface area contributed by atoms with Crippen molar-refractivity contribution in [3.8, 4) is 6.07 Å². The van der Waals surface area contributed by atoms with Crippen LogP contribution in [0.15, 0.2) is 45.8 Å². The van der Waals surface area contributed by atoms with Gasteiger partial charge in [0.2, 0.25) is 0 Å². The quantitative estimate of drug-likeness (QED) is 0.813. The van der Waals surface area contributed by atoms with Crippen molar-refractivity contribution in [1.82, 2.24) is 0 Å². The number of carboxylic acids is 1. The molecule has 2 rings (SSSR count). The lowest BCUT2D eigenvalue weighted by Gasteiger charge is -2.06. The van der Waals surface area contributed by atoms with Gasteiger partial charge in [0, 0.05) is 15.1 Å². The van der Waals surface area contributed by atoms with Crippen LogP contribution in [0.5, 0.6) is 0 Å². The molecule has 0 aliphatic heterocycles. The van der Waals surface area contributed by atoms with Crippen LogP contribution in [-0.2, 0) is 5.75 Å². The summed E-state index contributed by atoms with van der Waals surface area (Å²) >= 11 is 4.48. The zero-order valence-corrected chi connectivity index (χ0v) is 13.0. The highest BCUT2D eigenvalue weighted by Gasteiger charge is 2.10. The summed E-state index contributed by atoms with van der Waals surface area (Å²) < 4.78 is 14.2. The molecule has 0 unspecified atom stereocenters. The summed E-state index contributed by atoms with van der Waals surface area (Å²) in [4.78, 5) is 11.8. The lowest BCUT2D eigenvalue weighted by atomic mass is 10.1. The number of aromatic carboxylic acids is 1. The molecule has 0 aromatic heterocycles. The van der Waals surface area contributed by atoms with E-state index in [1.54, 1.807) is 12.1 Å². The van der Waals surface area contributed by atoms with Gasteiger partial charge in [0.05, 0.1) is 17.2 Å². The normalized spacial score (nSPS) is 10.1. The number of thioether (sulfide) groups is 1. The minimum Gasteiger partial charge on any atom is -0.478 e. The van der Waals surface area contributed by atoms with Gasteiger partial charge >= 0.3 is 5.97 Å². The Morgan fingerprint density at radius 2 is 2.10 bits per heavy atom. The highest BCUT2D eigenvalue weighted by molar-refractivity contribution is 9.10. The molecule has 0 saturated heterocycles. The van der Waals surface area contributed by atoms with Crippen LogP contribution in [0, 0.1) is 17.1 Å². The van der Waals surface area contributed by atoms with E-state index < -0.39 is 5.97 Å². The van der Waals surface area contributed by atoms with E-state index in [-0.39, 0.29) is 11.4 Å². The highest BCUT2D eigenvalue weighted by atomic mass is 79.9. The van der Waals surface area contributed by atoms with Crippen molar-refractivity contribution >= 4 is 33.7 Å². The fourth-order valence-electron chi connectivity index (χ4n) is 1.67. The maximum Gasteiger partial charge on any atom is 0.336 e. The van der Waals surface area contributed by atoms with E-state index in [0.29, 0.717) is 21.4 Å². The first-order chi connectivity index (χ1) is 10.0. The molecule has 3 nitrogen and oxygen atoms in total. The molecule has 21 heavy (non-hydrogen) atoms. The zero-order valence-electron chi connectivity index (χ0n) is 10.6. The molecule has 0 amide bonds. The predicted molar refractivity (Wildman–Crippen MR) is 81.8 cm³/mol. The van der Waals surface area contributed by atoms with E-state index in [4.69, 9.17) is 10.4 Å². The van der Waals surface area contributed by atoms with Gasteiger partial charge in [0.25, 0.3) is 0 Å². The third kappa shape index (κ3) is 3.84. The molecular weight excluding hydrogens is 357 g/mol. The SMILES string of the molecule is N#Cc1ccc(F)c(CSc2ccc(Br)c(C(=O)O)c2)c1. The second-order valence-electron chi connectivity index (χ2n) is 4.15. The number of nitrogens with zero attached hydrogens (tertiary/aromatic N) is 1. The molecule has 0 aliphatic carbocycles. The summed E-state index contributed by atoms with van der Waals surface area (Å²) in [7, 11) is 0. The van der Waals surface area contributed by atoms with Gasteiger partial charge in [-0.3, -0.25) is 0 Å². The van der Waals surface area contributed by atoms with E-state index in [0.717, 1.165) is 4.90 Å². The molecule has 0 radical (unpaired) electrons. The minimum absolute atomic E-state index is 0.159. The van der Waals surface area contributed by atoms with Crippen molar-refractivity contribution in [2.24, 2.45) is 0 Å². The number of benzene rings is 2. The van der Waals surface area contributed by atoms with Gasteiger partial charge in [0.15, 0.2) is 0 Å². The lowest BCUT2D eigenvalue weighted by Crippen LogP contribution is -1.97. The lowest BCUT2D eigenvalue weighted by molar-refractivity contribution is 0.0695. The zero-order chi connectivity index (χ0) is 15.4. The topological polar surface area (TPSA) is 61.1 Å². The highest BCUT2D eigenvalue weighted by Crippen LogP contribution is 2.28. The standard InChI is InChI=1S/C15H9BrFNO2S/c16-13-3-2-11(6-12(13)15(19)20)21-8-10-5-9(7-18)1-4-14(10)17/h1-6H,8H2,(H,19,20). The van der Waals surface area contributed by atoms with E-state index in [1.165, 1.54) is 36.0 Å². The van der Waals surface area contributed by atoms with Crippen molar-refractivity contribution in [1.29, 1.82) is 5.26 Å². The summed E-state index contributed by atoms with van der Waals surface area (Å²) in [6, 6.07) is 11.1. The smallest absolute Gasteiger partial charge is 0.336 e. The van der Waals surface area contributed by atoms with Gasteiger partial charge in [-0.05, 0) is 57.9 Å². The first-order valence-corrected chi connectivity index (χ1v) is 7.63. The van der Waals surface area contributed by atoms with Crippen molar-refractivity contribution in [3.05, 3.63) is 63.4 Å². The third-order valence-electron chi connectivity index (χ3n) is 2.74. The van der Waals surface area contributed by atoms with Crippen LogP contribution in [0.3, 0.4) is 0 Å². The van der Waals surface area contributed by atoms with Crippen LogP contribution in [0.1, 0.15) is 21.5 Å². The Labute approximate surface area is 133 Å². The summed E-state index contributed by atoms with van der Waals surface area (Å²) in [5, 5.41) is 17.9. The molecule has 106 valence electrons. The Hall–Kier alpha value is -1.84. The molecule has 2 aromatic rings. The third-order valence-corrected chi connectivity index (χ3v) is 4.47. The van der Waals surface area contributed by atoms with Crippen LogP contribution >= 0.6 is 27.7 Å². The van der Waals surface area contributed by atoms with Crippen molar-refractivity contribution in [2.45, 2.75) is 10.6 Å². The van der Waals surface area contributed by atoms with Crippen LogP contribution in [0.2, 0.25) is 0 Å². The van der Waals surface area contributed by atoms with Crippen LogP contribution in [0.25, 0.3) is 0 Å². The molecule has 1 N–H and O–H groups in total. The fourth-order valence-corrected chi connectivity index (χ4v) is 3.00. The average Bonchev–Trinajstić information content (AvgIpc) is 2.47. The Bertz CT molecular complexity index is 743. The van der Waals surface area contributed by atoms with Crippen LogP contribution in [-0.4, -0.2) is 11.1 Å². The molecule has 0 saturated carbocycles. The Balaban J connectivity index is 2.19. The Kier molecular flexibility index (Phi) is 4.99. The number of nitriles is 1. The Morgan fingerprint density at radius 3 is 2.76 bits per heavy atom. The Morgan fingerprint density at radius 1 is 1.33 bits per heavy atom. The monoisotopic (exact) mass is 365 g/mol. The van der Waals surface area contributed by atoms with Crippen molar-refractivity contribution in [2.75, 3.05) is 0 Å². The van der Waals surface area contributed by atoms with E-state index in [1.807, 2.05) is 6.07 Å². The molecule has 0 fully saturated rings. The summed E-state index contributed by atoms with van der Waals surface area (Å²) in [5.41, 5.74) is 0.971. The van der Waals surface area contributed by atoms with Crippen molar-refractivity contribution in [3.63, 3.8) is 0 Å². The van der Waals surface area contributed by atoms with Crippen LogP contribution in [0.4, 0.5) is 4.39 Å². The molecule has 0 aliphatic rings. The minimum atomic E-state index is -1.03. The van der Waals surface area contributed by atoms with Crippen molar-refractivity contribution < 1.29 is 14.3 Å². The second-order valence-corrected chi connectivity index (χ2v) is 6.06. The van der Waals surface area contributed by atoms with E-state index in [9.17, 15) is 9.18 Å². The number of hydrogen-bond donors (Lipinski definition) is 1. The predicted octanol–water partition coefficient (Wildman–Crippen LogP) is 4.45. The number of hydrogen-bond acceptors (Lipinski definition) is 3. The van der Waals surface area contributed by atoms with Gasteiger partial charge in [-0.25, -0.2) is 9.18 Å². The molecule has 0 spiro atoms. The van der Waals surface area contributed by atoms with E-state index >= 15 is 0 Å². The van der Waals surface area contributed by atoms with Gasteiger partial charge in [-0.1, -0.05) is 0 Å². The molecule has 2 aromatic carbocycles. The molecule has 0 heterocycles. The average molecular weight is 366 g/mol. The van der Waals surface area contributed by atoms with Gasteiger partial charge in [-0.15, -0.1) is 11.8 Å². The number of carbonyl (C=O) groups is 1. The number of rotatable bonds is 4. The first kappa shape index (κ1) is 15.5. The summed E-state index contributed by atoms with van der Waals surface area (Å²) in [5.74, 6) is -1.08. The van der Waals surface area contributed by atoms with Gasteiger partial charge in [0.1, 0.15) is 5.82 Å². The first-order valence-electron chi connectivity index (χ1n) is 5.85.